The van der Waals surface area contributed by atoms with Crippen LogP contribution in [-0.2, 0) is 17.7 Å². The van der Waals surface area contributed by atoms with Crippen LogP contribution in [-0.4, -0.2) is 37.2 Å². The summed E-state index contributed by atoms with van der Waals surface area (Å²) < 4.78 is 5.72. The van der Waals surface area contributed by atoms with E-state index in [2.05, 4.69) is 35.3 Å². The third-order valence-corrected chi connectivity index (χ3v) is 4.45. The molecule has 0 radical (unpaired) electrons. The minimum absolute atomic E-state index is 0.490. The van der Waals surface area contributed by atoms with E-state index < -0.39 is 0 Å². The van der Waals surface area contributed by atoms with Gasteiger partial charge in [-0.3, -0.25) is 4.90 Å². The van der Waals surface area contributed by atoms with Gasteiger partial charge in [-0.25, -0.2) is 0 Å². The van der Waals surface area contributed by atoms with Crippen LogP contribution >= 0.6 is 0 Å². The van der Waals surface area contributed by atoms with E-state index in [1.807, 2.05) is 0 Å². The molecule has 20 heavy (non-hydrogen) atoms. The Bertz CT molecular complexity index is 439. The lowest BCUT2D eigenvalue weighted by Crippen LogP contribution is -2.36. The van der Waals surface area contributed by atoms with E-state index in [1.165, 1.54) is 55.6 Å². The highest BCUT2D eigenvalue weighted by Gasteiger charge is 2.19. The lowest BCUT2D eigenvalue weighted by molar-refractivity contribution is 0.0125. The van der Waals surface area contributed by atoms with Gasteiger partial charge < -0.3 is 10.1 Å². The fourth-order valence-electron chi connectivity index (χ4n) is 3.35. The van der Waals surface area contributed by atoms with Gasteiger partial charge in [0.15, 0.2) is 0 Å². The van der Waals surface area contributed by atoms with Crippen molar-refractivity contribution in [2.75, 3.05) is 31.6 Å². The number of rotatable bonds is 4. The van der Waals surface area contributed by atoms with Crippen LogP contribution in [0.15, 0.2) is 18.2 Å². The number of aryl methyl sites for hydroxylation is 1. The van der Waals surface area contributed by atoms with Crippen molar-refractivity contribution in [2.24, 2.45) is 0 Å². The first-order valence-corrected chi connectivity index (χ1v) is 8.05. The Labute approximate surface area is 122 Å². The lowest BCUT2D eigenvalue weighted by atomic mass is 10.00. The monoisotopic (exact) mass is 274 g/mol. The molecule has 2 heterocycles. The lowest BCUT2D eigenvalue weighted by Gasteiger charge is -2.32. The van der Waals surface area contributed by atoms with Gasteiger partial charge in [0.1, 0.15) is 0 Å². The number of nitrogens with one attached hydrogen (secondary N) is 1. The number of fused-ring (bicyclic) bond motifs is 1. The van der Waals surface area contributed by atoms with Gasteiger partial charge >= 0.3 is 0 Å². The second-order valence-corrected chi connectivity index (χ2v) is 5.95. The van der Waals surface area contributed by atoms with Gasteiger partial charge in [-0.2, -0.15) is 0 Å². The molecule has 1 fully saturated rings. The summed E-state index contributed by atoms with van der Waals surface area (Å²) in [5.41, 5.74) is 4.30. The number of ether oxygens (including phenoxy) is 1. The third-order valence-electron chi connectivity index (χ3n) is 4.45. The van der Waals surface area contributed by atoms with Crippen LogP contribution in [0.5, 0.6) is 0 Å². The zero-order chi connectivity index (χ0) is 13.8. The second-order valence-electron chi connectivity index (χ2n) is 5.95. The fraction of sp³-hybridized carbons (Fsp3) is 0.647. The van der Waals surface area contributed by atoms with Gasteiger partial charge in [0.2, 0.25) is 0 Å². The van der Waals surface area contributed by atoms with E-state index in [-0.39, 0.29) is 0 Å². The molecular weight excluding hydrogens is 248 g/mol. The number of hydrogen-bond acceptors (Lipinski definition) is 3. The minimum atomic E-state index is 0.490. The van der Waals surface area contributed by atoms with E-state index in [4.69, 9.17) is 4.74 Å². The van der Waals surface area contributed by atoms with Gasteiger partial charge in [-0.05, 0) is 49.8 Å². The van der Waals surface area contributed by atoms with E-state index in [1.54, 1.807) is 0 Å². The molecule has 2 aliphatic heterocycles. The maximum Gasteiger partial charge on any atom is 0.0599 e. The smallest absolute Gasteiger partial charge is 0.0599 e. The van der Waals surface area contributed by atoms with Crippen LogP contribution in [0, 0.1) is 0 Å². The first-order valence-electron chi connectivity index (χ1n) is 8.05. The number of nitrogens with zero attached hydrogens (tertiary/aromatic N) is 1. The molecule has 0 aliphatic carbocycles. The molecule has 3 nitrogen and oxygen atoms in total. The van der Waals surface area contributed by atoms with Crippen LogP contribution in [0.2, 0.25) is 0 Å². The standard InChI is InChI=1S/C17H26N2O/c1-2-20-16-7-10-19(11-8-16)13-14-5-6-17-15(12-14)4-3-9-18-17/h5-6,12,16,18H,2-4,7-11,13H2,1H3. The molecule has 1 aromatic rings. The highest BCUT2D eigenvalue weighted by Crippen LogP contribution is 2.24. The molecule has 1 saturated heterocycles. The maximum absolute atomic E-state index is 5.72. The number of piperidine rings is 1. The van der Waals surface area contributed by atoms with Crippen molar-refractivity contribution in [1.29, 1.82) is 0 Å². The van der Waals surface area contributed by atoms with Gasteiger partial charge in [-0.15, -0.1) is 0 Å². The van der Waals surface area contributed by atoms with E-state index in [0.29, 0.717) is 6.10 Å². The third kappa shape index (κ3) is 3.33. The average molecular weight is 274 g/mol. The molecule has 2 aliphatic rings. The fourth-order valence-corrected chi connectivity index (χ4v) is 3.35. The first-order chi connectivity index (χ1) is 9.85. The van der Waals surface area contributed by atoms with Crippen molar-refractivity contribution in [1.82, 2.24) is 4.90 Å². The Hall–Kier alpha value is -1.06. The molecule has 1 aromatic carbocycles. The molecule has 1 N–H and O–H groups in total. The second kappa shape index (κ2) is 6.59. The van der Waals surface area contributed by atoms with Gasteiger partial charge in [0.25, 0.3) is 0 Å². The van der Waals surface area contributed by atoms with Crippen LogP contribution in [0.4, 0.5) is 5.69 Å². The molecule has 3 rings (SSSR count). The van der Waals surface area contributed by atoms with Crippen LogP contribution in [0.1, 0.15) is 37.3 Å². The molecular formula is C17H26N2O. The summed E-state index contributed by atoms with van der Waals surface area (Å²) in [7, 11) is 0. The summed E-state index contributed by atoms with van der Waals surface area (Å²) in [6, 6.07) is 6.94. The van der Waals surface area contributed by atoms with Crippen molar-refractivity contribution in [3.05, 3.63) is 29.3 Å². The van der Waals surface area contributed by atoms with Gasteiger partial charge in [0.05, 0.1) is 6.10 Å². The SMILES string of the molecule is CCOC1CCN(Cc2ccc3c(c2)CCCN3)CC1. The molecule has 0 amide bonds. The number of likely N-dealkylation sites (tertiary alicyclic amines) is 1. The molecule has 0 unspecified atom stereocenters. The van der Waals surface area contributed by atoms with Crippen molar-refractivity contribution in [3.8, 4) is 0 Å². The molecule has 110 valence electrons. The number of hydrogen-bond donors (Lipinski definition) is 1. The summed E-state index contributed by atoms with van der Waals surface area (Å²) in [6.07, 6.45) is 5.34. The van der Waals surface area contributed by atoms with Gasteiger partial charge in [0, 0.05) is 38.5 Å². The summed E-state index contributed by atoms with van der Waals surface area (Å²) in [6.45, 7) is 7.49. The summed E-state index contributed by atoms with van der Waals surface area (Å²) in [4.78, 5) is 2.56. The number of benzene rings is 1. The average Bonchev–Trinajstić information content (AvgIpc) is 2.49. The largest absolute Gasteiger partial charge is 0.385 e. The molecule has 0 spiro atoms. The first kappa shape index (κ1) is 13.9. The van der Waals surface area contributed by atoms with Crippen molar-refractivity contribution in [3.63, 3.8) is 0 Å². The summed E-state index contributed by atoms with van der Waals surface area (Å²) in [5, 5.41) is 3.48. The normalized spacial score (nSPS) is 20.4. The Morgan fingerprint density at radius 2 is 2.15 bits per heavy atom. The highest BCUT2D eigenvalue weighted by atomic mass is 16.5. The van der Waals surface area contributed by atoms with E-state index in [0.717, 1.165) is 19.7 Å². The van der Waals surface area contributed by atoms with Crippen LogP contribution in [0.3, 0.4) is 0 Å². The van der Waals surface area contributed by atoms with Gasteiger partial charge in [-0.1, -0.05) is 12.1 Å². The predicted molar refractivity (Wildman–Crippen MR) is 83.2 cm³/mol. The summed E-state index contributed by atoms with van der Waals surface area (Å²) in [5.74, 6) is 0. The number of anilines is 1. The minimum Gasteiger partial charge on any atom is -0.385 e. The van der Waals surface area contributed by atoms with E-state index in [9.17, 15) is 0 Å². The predicted octanol–water partition coefficient (Wildman–Crippen LogP) is 3.05. The zero-order valence-electron chi connectivity index (χ0n) is 12.5. The molecule has 3 heteroatoms. The van der Waals surface area contributed by atoms with Crippen LogP contribution in [0.25, 0.3) is 0 Å². The van der Waals surface area contributed by atoms with Crippen molar-refractivity contribution < 1.29 is 4.74 Å². The Morgan fingerprint density at radius 3 is 2.95 bits per heavy atom. The quantitative estimate of drug-likeness (QED) is 0.913. The maximum atomic E-state index is 5.72. The molecule has 0 atom stereocenters. The topological polar surface area (TPSA) is 24.5 Å². The Kier molecular flexibility index (Phi) is 4.58. The highest BCUT2D eigenvalue weighted by molar-refractivity contribution is 5.54. The van der Waals surface area contributed by atoms with Crippen molar-refractivity contribution in [2.45, 2.75) is 45.3 Å². The van der Waals surface area contributed by atoms with Crippen LogP contribution < -0.4 is 5.32 Å². The molecule has 0 saturated carbocycles. The molecule has 0 aromatic heterocycles. The Morgan fingerprint density at radius 1 is 1.30 bits per heavy atom. The Balaban J connectivity index is 1.56. The zero-order valence-corrected chi connectivity index (χ0v) is 12.5. The van der Waals surface area contributed by atoms with E-state index >= 15 is 0 Å². The summed E-state index contributed by atoms with van der Waals surface area (Å²) >= 11 is 0. The van der Waals surface area contributed by atoms with Crippen molar-refractivity contribution >= 4 is 5.69 Å². The molecule has 0 bridgehead atoms.